The standard InChI is InChI=1S/C23H27NO4/c1-7-17-8-9-18(21(14-17)22(26)28-23(3,4)5)15-27-20-12-10-19(11-13-20)24(6)16(2)25/h7-14H,1,15H2,2-6H3. The van der Waals surface area contributed by atoms with E-state index in [0.717, 1.165) is 16.8 Å². The van der Waals surface area contributed by atoms with Crippen LogP contribution >= 0.6 is 0 Å². The van der Waals surface area contributed by atoms with Crippen LogP contribution in [0.5, 0.6) is 5.75 Å². The van der Waals surface area contributed by atoms with Gasteiger partial charge in [0.15, 0.2) is 0 Å². The summed E-state index contributed by atoms with van der Waals surface area (Å²) in [6.07, 6.45) is 1.68. The quantitative estimate of drug-likeness (QED) is 0.672. The van der Waals surface area contributed by atoms with Gasteiger partial charge in [-0.05, 0) is 56.7 Å². The maximum Gasteiger partial charge on any atom is 0.339 e. The summed E-state index contributed by atoms with van der Waals surface area (Å²) in [5.74, 6) is 0.204. The van der Waals surface area contributed by atoms with Gasteiger partial charge in [0.2, 0.25) is 5.91 Å². The highest BCUT2D eigenvalue weighted by Crippen LogP contribution is 2.22. The Morgan fingerprint density at radius 2 is 1.75 bits per heavy atom. The highest BCUT2D eigenvalue weighted by Gasteiger charge is 2.21. The van der Waals surface area contributed by atoms with Gasteiger partial charge in [-0.2, -0.15) is 0 Å². The molecule has 0 bridgehead atoms. The van der Waals surface area contributed by atoms with Gasteiger partial charge in [0, 0.05) is 25.2 Å². The van der Waals surface area contributed by atoms with Crippen molar-refractivity contribution in [1.29, 1.82) is 0 Å². The molecule has 2 aromatic rings. The van der Waals surface area contributed by atoms with E-state index in [1.807, 2.05) is 45.0 Å². The largest absolute Gasteiger partial charge is 0.489 e. The second-order valence-electron chi connectivity index (χ2n) is 7.48. The van der Waals surface area contributed by atoms with E-state index >= 15 is 0 Å². The van der Waals surface area contributed by atoms with Gasteiger partial charge >= 0.3 is 5.97 Å². The predicted molar refractivity (Wildman–Crippen MR) is 112 cm³/mol. The first kappa shape index (κ1) is 21.2. The van der Waals surface area contributed by atoms with E-state index in [-0.39, 0.29) is 12.5 Å². The Morgan fingerprint density at radius 3 is 2.29 bits per heavy atom. The Balaban J connectivity index is 2.18. The maximum absolute atomic E-state index is 12.6. The van der Waals surface area contributed by atoms with E-state index in [2.05, 4.69) is 6.58 Å². The molecule has 0 atom stereocenters. The molecule has 0 saturated carbocycles. The fourth-order valence-corrected chi connectivity index (χ4v) is 2.48. The molecule has 0 aliphatic heterocycles. The molecular weight excluding hydrogens is 354 g/mol. The molecule has 1 amide bonds. The zero-order valence-electron chi connectivity index (χ0n) is 17.1. The molecular formula is C23H27NO4. The molecule has 0 spiro atoms. The highest BCUT2D eigenvalue weighted by atomic mass is 16.6. The van der Waals surface area contributed by atoms with Crippen molar-refractivity contribution in [1.82, 2.24) is 0 Å². The molecule has 5 nitrogen and oxygen atoms in total. The van der Waals surface area contributed by atoms with Crippen LogP contribution in [0.1, 0.15) is 49.2 Å². The van der Waals surface area contributed by atoms with E-state index in [9.17, 15) is 9.59 Å². The summed E-state index contributed by atoms with van der Waals surface area (Å²) in [4.78, 5) is 25.6. The first-order chi connectivity index (χ1) is 13.1. The van der Waals surface area contributed by atoms with Crippen LogP contribution in [0.3, 0.4) is 0 Å². The number of ether oxygens (including phenoxy) is 2. The average molecular weight is 381 g/mol. The van der Waals surface area contributed by atoms with Crippen LogP contribution in [-0.2, 0) is 16.1 Å². The van der Waals surface area contributed by atoms with Gasteiger partial charge in [0.05, 0.1) is 5.56 Å². The third kappa shape index (κ3) is 5.71. The van der Waals surface area contributed by atoms with Crippen LogP contribution in [0.25, 0.3) is 6.08 Å². The summed E-state index contributed by atoms with van der Waals surface area (Å²) in [7, 11) is 1.71. The van der Waals surface area contributed by atoms with Crippen LogP contribution < -0.4 is 9.64 Å². The Bertz CT molecular complexity index is 863. The predicted octanol–water partition coefficient (Wildman–Crippen LogP) is 4.85. The van der Waals surface area contributed by atoms with Crippen molar-refractivity contribution in [3.8, 4) is 5.75 Å². The minimum Gasteiger partial charge on any atom is -0.489 e. The molecule has 0 aliphatic carbocycles. The summed E-state index contributed by atoms with van der Waals surface area (Å²) in [6.45, 7) is 11.0. The molecule has 5 heteroatoms. The molecule has 28 heavy (non-hydrogen) atoms. The number of benzene rings is 2. The number of amides is 1. The van der Waals surface area contributed by atoms with E-state index in [4.69, 9.17) is 9.47 Å². The summed E-state index contributed by atoms with van der Waals surface area (Å²) >= 11 is 0. The average Bonchev–Trinajstić information content (AvgIpc) is 2.64. The van der Waals surface area contributed by atoms with E-state index in [0.29, 0.717) is 11.3 Å². The number of hydrogen-bond acceptors (Lipinski definition) is 4. The summed E-state index contributed by atoms with van der Waals surface area (Å²) in [5.41, 5.74) is 2.22. The molecule has 0 aliphatic rings. The fraction of sp³-hybridized carbons (Fsp3) is 0.304. The maximum atomic E-state index is 12.6. The SMILES string of the molecule is C=Cc1ccc(COc2ccc(N(C)C(C)=O)cc2)c(C(=O)OC(C)(C)C)c1. The van der Waals surface area contributed by atoms with Crippen LogP contribution in [0.4, 0.5) is 5.69 Å². The van der Waals surface area contributed by atoms with E-state index < -0.39 is 11.6 Å². The van der Waals surface area contributed by atoms with Gasteiger partial charge in [-0.15, -0.1) is 0 Å². The second kappa shape index (κ2) is 8.74. The molecule has 0 radical (unpaired) electrons. The Hall–Kier alpha value is -3.08. The van der Waals surface area contributed by atoms with Gasteiger partial charge in [-0.3, -0.25) is 4.79 Å². The van der Waals surface area contributed by atoms with Crippen LogP contribution in [0.15, 0.2) is 49.0 Å². The monoisotopic (exact) mass is 381 g/mol. The summed E-state index contributed by atoms with van der Waals surface area (Å²) in [6, 6.07) is 12.7. The van der Waals surface area contributed by atoms with E-state index in [1.165, 1.54) is 6.92 Å². The van der Waals surface area contributed by atoms with Crippen molar-refractivity contribution in [2.75, 3.05) is 11.9 Å². The smallest absolute Gasteiger partial charge is 0.339 e. The van der Waals surface area contributed by atoms with Crippen molar-refractivity contribution in [2.45, 2.75) is 39.9 Å². The number of esters is 1. The van der Waals surface area contributed by atoms with Gasteiger partial charge < -0.3 is 14.4 Å². The molecule has 0 fully saturated rings. The summed E-state index contributed by atoms with van der Waals surface area (Å²) in [5, 5.41) is 0. The van der Waals surface area contributed by atoms with Crippen LogP contribution in [0.2, 0.25) is 0 Å². The van der Waals surface area contributed by atoms with Gasteiger partial charge in [0.1, 0.15) is 18.0 Å². The van der Waals surface area contributed by atoms with Gasteiger partial charge in [-0.25, -0.2) is 4.79 Å². The lowest BCUT2D eigenvalue weighted by Crippen LogP contribution is -2.24. The minimum atomic E-state index is -0.585. The van der Waals surface area contributed by atoms with Crippen LogP contribution in [0, 0.1) is 0 Å². The molecule has 0 saturated heterocycles. The molecule has 148 valence electrons. The molecule has 2 rings (SSSR count). The third-order valence-corrected chi connectivity index (χ3v) is 4.08. The normalized spacial score (nSPS) is 10.9. The lowest BCUT2D eigenvalue weighted by atomic mass is 10.0. The van der Waals surface area contributed by atoms with Crippen LogP contribution in [-0.4, -0.2) is 24.5 Å². The van der Waals surface area contributed by atoms with Crippen molar-refractivity contribution in [3.63, 3.8) is 0 Å². The molecule has 2 aromatic carbocycles. The second-order valence-corrected chi connectivity index (χ2v) is 7.48. The van der Waals surface area contributed by atoms with Crippen molar-refractivity contribution in [2.24, 2.45) is 0 Å². The van der Waals surface area contributed by atoms with E-state index in [1.54, 1.807) is 36.2 Å². The zero-order chi connectivity index (χ0) is 20.9. The van der Waals surface area contributed by atoms with Gasteiger partial charge in [-0.1, -0.05) is 24.8 Å². The van der Waals surface area contributed by atoms with Gasteiger partial charge in [0.25, 0.3) is 0 Å². The molecule has 0 heterocycles. The lowest BCUT2D eigenvalue weighted by Gasteiger charge is -2.21. The number of carbonyl (C=O) groups excluding carboxylic acids is 2. The third-order valence-electron chi connectivity index (χ3n) is 4.08. The Kier molecular flexibility index (Phi) is 6.62. The number of anilines is 1. The first-order valence-electron chi connectivity index (χ1n) is 9.06. The lowest BCUT2D eigenvalue weighted by molar-refractivity contribution is -0.116. The Morgan fingerprint density at radius 1 is 1.11 bits per heavy atom. The molecule has 0 aromatic heterocycles. The fourth-order valence-electron chi connectivity index (χ4n) is 2.48. The van der Waals surface area contributed by atoms with Crippen molar-refractivity contribution in [3.05, 3.63) is 65.7 Å². The molecule has 0 N–H and O–H groups in total. The zero-order valence-corrected chi connectivity index (χ0v) is 17.1. The number of rotatable bonds is 6. The molecule has 0 unspecified atom stereocenters. The number of hydrogen-bond donors (Lipinski definition) is 0. The van der Waals surface area contributed by atoms with Crippen molar-refractivity contribution >= 4 is 23.6 Å². The summed E-state index contributed by atoms with van der Waals surface area (Å²) < 4.78 is 11.4. The first-order valence-corrected chi connectivity index (χ1v) is 9.06. The Labute approximate surface area is 166 Å². The van der Waals surface area contributed by atoms with Crippen molar-refractivity contribution < 1.29 is 19.1 Å². The number of nitrogens with zero attached hydrogens (tertiary/aromatic N) is 1. The number of carbonyl (C=O) groups is 2. The topological polar surface area (TPSA) is 55.8 Å². The highest BCUT2D eigenvalue weighted by molar-refractivity contribution is 5.92. The minimum absolute atomic E-state index is 0.0435.